The predicted molar refractivity (Wildman–Crippen MR) is 272 cm³/mol. The third kappa shape index (κ3) is 39.5. The second-order valence-corrected chi connectivity index (χ2v) is 19.3. The van der Waals surface area contributed by atoms with Crippen molar-refractivity contribution in [2.45, 2.75) is 205 Å². The van der Waals surface area contributed by atoms with Crippen molar-refractivity contribution in [2.24, 2.45) is 17.8 Å². The number of rotatable bonds is 51. The lowest BCUT2D eigenvalue weighted by Crippen LogP contribution is -2.43. The van der Waals surface area contributed by atoms with Gasteiger partial charge < -0.3 is 61.4 Å². The number of hydrogen-bond donors (Lipinski definition) is 10. The van der Waals surface area contributed by atoms with E-state index in [1.807, 2.05) is 0 Å². The number of amides is 4. The van der Waals surface area contributed by atoms with E-state index in [2.05, 4.69) is 21.3 Å². The van der Waals surface area contributed by atoms with Crippen LogP contribution in [0.3, 0.4) is 0 Å². The summed E-state index contributed by atoms with van der Waals surface area (Å²) in [5.41, 5.74) is 0. The molecule has 0 aliphatic rings. The quantitative estimate of drug-likeness (QED) is 0.0373. The number of nitrogens with one attached hydrogen (secondary N) is 4. The molecule has 23 nitrogen and oxygen atoms in total. The molecule has 0 aliphatic heterocycles. The summed E-state index contributed by atoms with van der Waals surface area (Å²) in [6.45, 7) is 2.76. The number of hydrogen-bond acceptors (Lipinski definition) is 14. The average Bonchev–Trinajstić information content (AvgIpc) is 3.34. The number of ketones is 2. The number of aliphatic hydroxyl groups is 1. The summed E-state index contributed by atoms with van der Waals surface area (Å²) in [5, 5.41) is 66.2. The van der Waals surface area contributed by atoms with E-state index in [-0.39, 0.29) is 102 Å². The van der Waals surface area contributed by atoms with Crippen LogP contribution in [-0.4, -0.2) is 153 Å². The van der Waals surface area contributed by atoms with Gasteiger partial charge in [-0.3, -0.25) is 43.2 Å². The number of carbonyl (C=O) groups is 11. The van der Waals surface area contributed by atoms with Crippen LogP contribution in [0.2, 0.25) is 0 Å². The first-order valence-corrected chi connectivity index (χ1v) is 26.8. The molecule has 0 aromatic rings. The normalized spacial score (nSPS) is 13.5. The number of aliphatic hydroxyl groups excluding tert-OH is 1. The molecule has 430 valence electrons. The van der Waals surface area contributed by atoms with E-state index < -0.39 is 102 Å². The highest BCUT2D eigenvalue weighted by molar-refractivity contribution is 5.88. The molecule has 0 fully saturated rings. The number of carboxylic acid groups (broad SMARTS) is 5. The van der Waals surface area contributed by atoms with Gasteiger partial charge in [-0.15, -0.1) is 0 Å². The average molecular weight is 1070 g/mol. The van der Waals surface area contributed by atoms with Gasteiger partial charge in [0.1, 0.15) is 30.3 Å². The minimum atomic E-state index is -1.47. The summed E-state index contributed by atoms with van der Waals surface area (Å²) in [7, 11) is 0. The number of carboxylic acids is 5. The molecule has 0 aromatic carbocycles. The van der Waals surface area contributed by atoms with E-state index in [1.54, 1.807) is 6.92 Å². The van der Waals surface area contributed by atoms with Gasteiger partial charge in [0, 0.05) is 64.0 Å². The Morgan fingerprint density at radius 3 is 1.41 bits per heavy atom. The van der Waals surface area contributed by atoms with Crippen LogP contribution >= 0.6 is 0 Å². The molecule has 0 spiro atoms. The Kier molecular flexibility index (Phi) is 40.4. The van der Waals surface area contributed by atoms with Crippen LogP contribution in [0.5, 0.6) is 0 Å². The lowest BCUT2D eigenvalue weighted by Gasteiger charge is -2.17. The molecule has 75 heavy (non-hydrogen) atoms. The van der Waals surface area contributed by atoms with Gasteiger partial charge in [0.2, 0.25) is 23.6 Å². The van der Waals surface area contributed by atoms with Crippen LogP contribution in [0.1, 0.15) is 187 Å². The smallest absolute Gasteiger partial charge is 0.326 e. The first-order chi connectivity index (χ1) is 35.6. The van der Waals surface area contributed by atoms with Gasteiger partial charge in [0.15, 0.2) is 0 Å². The minimum absolute atomic E-state index is 0.00969. The molecule has 6 atom stereocenters. The Morgan fingerprint density at radius 1 is 0.427 bits per heavy atom. The molecule has 4 amide bonds. The van der Waals surface area contributed by atoms with Crippen molar-refractivity contribution in [1.82, 2.24) is 21.3 Å². The number of ether oxygens (including phenoxy) is 2. The zero-order chi connectivity index (χ0) is 56.4. The van der Waals surface area contributed by atoms with Crippen molar-refractivity contribution in [3.63, 3.8) is 0 Å². The lowest BCUT2D eigenvalue weighted by molar-refractivity contribution is -0.148. The van der Waals surface area contributed by atoms with Gasteiger partial charge in [-0.2, -0.15) is 0 Å². The predicted octanol–water partition coefficient (Wildman–Crippen LogP) is 4.56. The van der Waals surface area contributed by atoms with Crippen LogP contribution in [-0.2, 0) is 62.2 Å². The van der Waals surface area contributed by atoms with Crippen LogP contribution in [0.15, 0.2) is 0 Å². The summed E-state index contributed by atoms with van der Waals surface area (Å²) in [6, 6.07) is -2.69. The number of carbonyl (C=O) groups excluding carboxylic acids is 6. The van der Waals surface area contributed by atoms with E-state index in [0.717, 1.165) is 51.4 Å². The fourth-order valence-corrected chi connectivity index (χ4v) is 7.95. The molecule has 0 bridgehead atoms. The van der Waals surface area contributed by atoms with Gasteiger partial charge in [0.05, 0.1) is 37.8 Å². The maximum atomic E-state index is 12.6. The molecule has 23 heteroatoms. The van der Waals surface area contributed by atoms with Crippen molar-refractivity contribution in [1.29, 1.82) is 0 Å². The Hall–Kier alpha value is -5.55. The molecule has 10 N–H and O–H groups in total. The zero-order valence-electron chi connectivity index (χ0n) is 44.3. The Balaban J connectivity index is 4.20. The molecule has 0 heterocycles. The van der Waals surface area contributed by atoms with Crippen molar-refractivity contribution in [3.05, 3.63) is 0 Å². The van der Waals surface area contributed by atoms with Gasteiger partial charge in [-0.25, -0.2) is 9.59 Å². The lowest BCUT2D eigenvalue weighted by atomic mass is 9.89. The number of Topliss-reactive ketones (excluding diaryl/α,β-unsaturated/α-hetero) is 2. The first kappa shape index (κ1) is 69.5. The SMILES string of the molecule is C[C@@H](CCCCNC(=O)CC[C@H](CC(=O)CC[C@H](NC(=O)COCCOCCNC(=O)CC[C@H](NC(=O)CCCCCCCCCCCCCCCCC(=O)O)C(=O)O)C(=O)O)C(=O)O)C(=O)C[C@H](C(=O)O)[C@@H](C)O. The first-order valence-electron chi connectivity index (χ1n) is 26.8. The third-order valence-electron chi connectivity index (χ3n) is 12.7. The van der Waals surface area contributed by atoms with Crippen LogP contribution < -0.4 is 21.3 Å². The fourth-order valence-electron chi connectivity index (χ4n) is 7.95. The second-order valence-electron chi connectivity index (χ2n) is 19.3. The van der Waals surface area contributed by atoms with Crippen LogP contribution in [0.4, 0.5) is 0 Å². The maximum Gasteiger partial charge on any atom is 0.326 e. The van der Waals surface area contributed by atoms with Crippen LogP contribution in [0.25, 0.3) is 0 Å². The van der Waals surface area contributed by atoms with E-state index in [4.69, 9.17) is 14.6 Å². The Labute approximate surface area is 440 Å². The number of aliphatic carboxylic acids is 5. The highest BCUT2D eigenvalue weighted by atomic mass is 16.5. The summed E-state index contributed by atoms with van der Waals surface area (Å²) < 4.78 is 10.6. The van der Waals surface area contributed by atoms with Crippen molar-refractivity contribution >= 4 is 65.0 Å². The second kappa shape index (κ2) is 43.7. The monoisotopic (exact) mass is 1070 g/mol. The fraction of sp³-hybridized carbons (Fsp3) is 0.788. The van der Waals surface area contributed by atoms with Gasteiger partial charge >= 0.3 is 29.8 Å². The summed E-state index contributed by atoms with van der Waals surface area (Å²) in [4.78, 5) is 131. The molecule has 0 saturated heterocycles. The Morgan fingerprint density at radius 2 is 0.907 bits per heavy atom. The summed E-state index contributed by atoms with van der Waals surface area (Å²) in [6.07, 6.45) is 13.3. The zero-order valence-corrected chi connectivity index (χ0v) is 44.3. The van der Waals surface area contributed by atoms with E-state index in [0.29, 0.717) is 25.7 Å². The topological polar surface area (TPSA) is 376 Å². The molecule has 0 aromatic heterocycles. The molecule has 0 rings (SSSR count). The molecule has 0 saturated carbocycles. The molecule has 0 unspecified atom stereocenters. The molecular formula is C52H88N4O19. The maximum absolute atomic E-state index is 12.6. The molecule has 0 radical (unpaired) electrons. The van der Waals surface area contributed by atoms with E-state index in [9.17, 15) is 78.3 Å². The standard InChI is InChI=1S/C52H88N4O19/c1-36(43(59)34-40(37(2)57)50(68)69)19-17-18-28-53-44(60)26-22-38(49(66)67)33-39(58)23-24-41(51(70)71)56-47(63)35-75-32-31-74-30-29-54-45(61)27-25-42(52(72)73)55-46(62)20-15-13-11-9-7-5-3-4-6-8-10-12-14-16-21-48(64)65/h36-38,40-42,57H,3-35H2,1-2H3,(H,53,60)(H,54,61)(H,55,62)(H,56,63)(H,64,65)(H,66,67)(H,68,69)(H,70,71)(H,72,73)/t36-,37+,38+,40-,41-,42-/m0/s1. The summed E-state index contributed by atoms with van der Waals surface area (Å²) in [5.74, 6) is -11.8. The van der Waals surface area contributed by atoms with E-state index in [1.165, 1.54) is 39.0 Å². The highest BCUT2D eigenvalue weighted by Crippen LogP contribution is 2.19. The van der Waals surface area contributed by atoms with Crippen molar-refractivity contribution in [3.8, 4) is 0 Å². The largest absolute Gasteiger partial charge is 0.481 e. The Bertz CT molecular complexity index is 1740. The highest BCUT2D eigenvalue weighted by Gasteiger charge is 2.29. The molecule has 0 aliphatic carbocycles. The summed E-state index contributed by atoms with van der Waals surface area (Å²) >= 11 is 0. The van der Waals surface area contributed by atoms with Gasteiger partial charge in [-0.1, -0.05) is 90.4 Å². The van der Waals surface area contributed by atoms with Gasteiger partial charge in [0.25, 0.3) is 0 Å². The third-order valence-corrected chi connectivity index (χ3v) is 12.7. The molecular weight excluding hydrogens is 985 g/mol. The van der Waals surface area contributed by atoms with Crippen molar-refractivity contribution < 1.29 is 92.9 Å². The van der Waals surface area contributed by atoms with Crippen LogP contribution in [0, 0.1) is 17.8 Å². The van der Waals surface area contributed by atoms with E-state index >= 15 is 0 Å². The number of unbranched alkanes of at least 4 members (excludes halogenated alkanes) is 14. The van der Waals surface area contributed by atoms with Gasteiger partial charge in [-0.05, 0) is 51.9 Å². The van der Waals surface area contributed by atoms with Crippen molar-refractivity contribution in [2.75, 3.05) is 39.5 Å². The minimum Gasteiger partial charge on any atom is -0.481 e.